The van der Waals surface area contributed by atoms with Crippen molar-refractivity contribution >= 4 is 52.2 Å². The van der Waals surface area contributed by atoms with Gasteiger partial charge in [0.25, 0.3) is 0 Å². The lowest BCUT2D eigenvalue weighted by molar-refractivity contribution is -0.123. The Morgan fingerprint density at radius 1 is 0.946 bits per heavy atom. The number of hydrogen-bond donors (Lipinski definition) is 1. The number of anilines is 1. The predicted octanol–water partition coefficient (Wildman–Crippen LogP) is 4.78. The molecule has 7 rings (SSSR count). The van der Waals surface area contributed by atoms with Gasteiger partial charge < -0.3 is 14.5 Å². The van der Waals surface area contributed by atoms with Crippen LogP contribution in [-0.2, 0) is 9.59 Å². The number of hydrogen-bond acceptors (Lipinski definition) is 7. The first kappa shape index (κ1) is 23.4. The first-order chi connectivity index (χ1) is 17.9. The van der Waals surface area contributed by atoms with Crippen LogP contribution in [0.25, 0.3) is 0 Å². The largest absolute Gasteiger partial charge is 0.493 e. The molecule has 2 aliphatic carbocycles. The SMILES string of the molecule is COc1ccc([C@@H]2c3sc(=O)[nH]c3S[C@H]3[C@@H]4C[C@H]([C@H]5C(=O)N(c6ccc(Cl)cc6)C(=O)[C@H]45)[C@H]23)cc1OC. The number of thiazole rings is 1. The van der Waals surface area contributed by atoms with Gasteiger partial charge in [0.05, 0.1) is 36.8 Å². The Bertz CT molecular complexity index is 1500. The summed E-state index contributed by atoms with van der Waals surface area (Å²) in [6, 6.07) is 12.8. The highest BCUT2D eigenvalue weighted by Gasteiger charge is 2.69. The minimum Gasteiger partial charge on any atom is -0.493 e. The number of halogens is 1. The molecule has 3 heterocycles. The van der Waals surface area contributed by atoms with Crippen LogP contribution in [0.1, 0.15) is 22.8 Å². The number of rotatable bonds is 4. The molecule has 2 aliphatic heterocycles. The van der Waals surface area contributed by atoms with E-state index in [2.05, 4.69) is 4.98 Å². The van der Waals surface area contributed by atoms with Crippen LogP contribution in [0, 0.1) is 29.6 Å². The summed E-state index contributed by atoms with van der Waals surface area (Å²) in [6.07, 6.45) is 0.840. The van der Waals surface area contributed by atoms with Gasteiger partial charge in [-0.1, -0.05) is 29.0 Å². The summed E-state index contributed by atoms with van der Waals surface area (Å²) >= 11 is 8.97. The lowest BCUT2D eigenvalue weighted by Crippen LogP contribution is -2.42. The zero-order valence-corrected chi connectivity index (χ0v) is 22.4. The van der Waals surface area contributed by atoms with E-state index in [1.165, 1.54) is 16.2 Å². The Labute approximate surface area is 226 Å². The maximum atomic E-state index is 13.8. The van der Waals surface area contributed by atoms with E-state index in [0.29, 0.717) is 22.2 Å². The molecule has 3 fully saturated rings. The Morgan fingerprint density at radius 2 is 1.65 bits per heavy atom. The molecule has 2 saturated carbocycles. The maximum Gasteiger partial charge on any atom is 0.305 e. The summed E-state index contributed by atoms with van der Waals surface area (Å²) in [5.74, 6) is 0.504. The van der Waals surface area contributed by atoms with Gasteiger partial charge in [0.1, 0.15) is 0 Å². The van der Waals surface area contributed by atoms with Gasteiger partial charge in [0, 0.05) is 21.1 Å². The highest BCUT2D eigenvalue weighted by molar-refractivity contribution is 8.00. The molecule has 1 saturated heterocycles. The van der Waals surface area contributed by atoms with Crippen LogP contribution in [-0.4, -0.2) is 36.3 Å². The van der Waals surface area contributed by atoms with E-state index in [4.69, 9.17) is 21.1 Å². The van der Waals surface area contributed by atoms with Crippen LogP contribution in [0.2, 0.25) is 5.02 Å². The molecule has 1 N–H and O–H groups in total. The van der Waals surface area contributed by atoms with E-state index in [1.807, 2.05) is 18.2 Å². The average molecular weight is 555 g/mol. The molecule has 190 valence electrons. The highest BCUT2D eigenvalue weighted by atomic mass is 35.5. The molecular formula is C27H23ClN2O5S2. The van der Waals surface area contributed by atoms with Gasteiger partial charge in [-0.2, -0.15) is 0 Å². The third kappa shape index (κ3) is 3.23. The summed E-state index contributed by atoms with van der Waals surface area (Å²) in [4.78, 5) is 45.3. The monoisotopic (exact) mass is 554 g/mol. The van der Waals surface area contributed by atoms with Crippen molar-refractivity contribution in [3.8, 4) is 11.5 Å². The Hall–Kier alpha value is -2.75. The highest BCUT2D eigenvalue weighted by Crippen LogP contribution is 2.68. The fourth-order valence-corrected chi connectivity index (χ4v) is 10.3. The number of ether oxygens (including phenoxy) is 2. The van der Waals surface area contributed by atoms with E-state index in [9.17, 15) is 14.4 Å². The Balaban J connectivity index is 1.32. The van der Waals surface area contributed by atoms with E-state index in [1.54, 1.807) is 50.2 Å². The minimum atomic E-state index is -0.352. The lowest BCUT2D eigenvalue weighted by Gasteiger charge is -2.43. The van der Waals surface area contributed by atoms with Gasteiger partial charge >= 0.3 is 4.87 Å². The second-order valence-electron chi connectivity index (χ2n) is 10.1. The molecule has 0 radical (unpaired) electrons. The van der Waals surface area contributed by atoms with Crippen molar-refractivity contribution in [1.82, 2.24) is 4.98 Å². The number of fused-ring (bicyclic) bond motifs is 9. The summed E-state index contributed by atoms with van der Waals surface area (Å²) in [6.45, 7) is 0. The minimum absolute atomic E-state index is 0.0460. The molecule has 7 nitrogen and oxygen atoms in total. The van der Waals surface area contributed by atoms with Crippen molar-refractivity contribution in [3.63, 3.8) is 0 Å². The van der Waals surface area contributed by atoms with E-state index >= 15 is 0 Å². The second-order valence-corrected chi connectivity index (χ2v) is 12.7. The lowest BCUT2D eigenvalue weighted by atomic mass is 9.68. The molecule has 0 unspecified atom stereocenters. The molecule has 7 atom stereocenters. The molecule has 0 spiro atoms. The molecule has 2 amide bonds. The maximum absolute atomic E-state index is 13.8. The second kappa shape index (κ2) is 8.38. The normalized spacial score (nSPS) is 31.3. The number of amides is 2. The van der Waals surface area contributed by atoms with Gasteiger partial charge in [0.2, 0.25) is 11.8 Å². The summed E-state index contributed by atoms with van der Waals surface area (Å²) in [7, 11) is 3.21. The molecule has 1 aromatic heterocycles. The molecule has 3 aromatic rings. The van der Waals surface area contributed by atoms with Gasteiger partial charge in [-0.05, 0) is 66.1 Å². The quantitative estimate of drug-likeness (QED) is 0.467. The predicted molar refractivity (Wildman–Crippen MR) is 142 cm³/mol. The smallest absolute Gasteiger partial charge is 0.305 e. The zero-order valence-electron chi connectivity index (χ0n) is 20.0. The van der Waals surface area contributed by atoms with Crippen molar-refractivity contribution in [2.75, 3.05) is 19.1 Å². The molecule has 10 heteroatoms. The van der Waals surface area contributed by atoms with Gasteiger partial charge in [-0.25, -0.2) is 0 Å². The van der Waals surface area contributed by atoms with Crippen LogP contribution in [0.15, 0.2) is 52.3 Å². The third-order valence-corrected chi connectivity index (χ3v) is 11.4. The summed E-state index contributed by atoms with van der Waals surface area (Å²) in [5, 5.41) is 1.57. The molecule has 2 aromatic carbocycles. The van der Waals surface area contributed by atoms with Crippen molar-refractivity contribution in [2.24, 2.45) is 29.6 Å². The van der Waals surface area contributed by atoms with E-state index in [-0.39, 0.29) is 57.4 Å². The molecule has 37 heavy (non-hydrogen) atoms. The van der Waals surface area contributed by atoms with Crippen LogP contribution in [0.4, 0.5) is 5.69 Å². The first-order valence-corrected chi connectivity index (χ1v) is 14.2. The van der Waals surface area contributed by atoms with Gasteiger partial charge in [-0.15, -0.1) is 11.8 Å². The molecular weight excluding hydrogens is 532 g/mol. The average Bonchev–Trinajstić information content (AvgIpc) is 3.63. The number of aromatic nitrogens is 1. The molecule has 4 aliphatic rings. The van der Waals surface area contributed by atoms with Crippen molar-refractivity contribution < 1.29 is 19.1 Å². The first-order valence-electron chi connectivity index (χ1n) is 12.2. The number of benzene rings is 2. The fraction of sp³-hybridized carbons (Fsp3) is 0.370. The van der Waals surface area contributed by atoms with Gasteiger partial charge in [0.15, 0.2) is 11.5 Å². The summed E-state index contributed by atoms with van der Waals surface area (Å²) < 4.78 is 11.0. The van der Waals surface area contributed by atoms with Crippen LogP contribution in [0.3, 0.4) is 0 Å². The van der Waals surface area contributed by atoms with E-state index < -0.39 is 0 Å². The number of imide groups is 1. The number of carbonyl (C=O) groups excluding carboxylic acids is 2. The summed E-state index contributed by atoms with van der Waals surface area (Å²) in [5.41, 5.74) is 1.60. The molecule has 2 bridgehead atoms. The number of nitrogens with one attached hydrogen (secondary N) is 1. The number of carbonyl (C=O) groups is 2. The zero-order chi connectivity index (χ0) is 25.6. The number of H-pyrrole nitrogens is 1. The van der Waals surface area contributed by atoms with Crippen molar-refractivity contribution in [1.29, 1.82) is 0 Å². The standard InChI is InChI=1S/C27H23ClN2O5S2/c1-34-16-8-3-11(9-17(16)35-2)18-19-14-10-15(22(19)36-24-23(18)37-27(33)29-24)21-20(14)25(31)30(26(21)32)13-6-4-12(28)5-7-13/h3-9,14-15,18-22H,10H2,1-2H3,(H,29,33)/t14-,15+,18-,19+,20+,21+,22-/m0/s1. The van der Waals surface area contributed by atoms with Crippen LogP contribution >= 0.6 is 34.7 Å². The number of aromatic amines is 1. The fourth-order valence-electron chi connectivity index (χ4n) is 7.28. The van der Waals surface area contributed by atoms with Crippen LogP contribution in [0.5, 0.6) is 11.5 Å². The van der Waals surface area contributed by atoms with Crippen LogP contribution < -0.4 is 19.2 Å². The number of nitrogens with zero attached hydrogens (tertiary/aromatic N) is 1. The van der Waals surface area contributed by atoms with E-state index in [0.717, 1.165) is 21.9 Å². The topological polar surface area (TPSA) is 88.7 Å². The Kier molecular flexibility index (Phi) is 5.29. The Morgan fingerprint density at radius 3 is 2.35 bits per heavy atom. The third-order valence-electron chi connectivity index (χ3n) is 8.58. The number of thioether (sulfide) groups is 1. The van der Waals surface area contributed by atoms with Crippen molar-refractivity contribution in [3.05, 3.63) is 67.6 Å². The number of methoxy groups -OCH3 is 2. The van der Waals surface area contributed by atoms with Gasteiger partial charge in [-0.3, -0.25) is 19.3 Å². The van der Waals surface area contributed by atoms with Crippen molar-refractivity contribution in [2.45, 2.75) is 22.6 Å².